The second-order valence-electron chi connectivity index (χ2n) is 6.40. The molecule has 2 aromatic carbocycles. The van der Waals surface area contributed by atoms with Crippen molar-refractivity contribution in [2.45, 2.75) is 11.5 Å². The van der Waals surface area contributed by atoms with Crippen LogP contribution in [0.2, 0.25) is 0 Å². The molecule has 0 saturated heterocycles. The van der Waals surface area contributed by atoms with E-state index in [1.165, 1.54) is 43.1 Å². The third-order valence-corrected chi connectivity index (χ3v) is 5.89. The number of hydrogen-bond acceptors (Lipinski definition) is 8. The fourth-order valence-electron chi connectivity index (χ4n) is 3.26. The zero-order valence-electron chi connectivity index (χ0n) is 15.4. The monoisotopic (exact) mass is 415 g/mol. The molecule has 10 heteroatoms. The van der Waals surface area contributed by atoms with Gasteiger partial charge in [-0.15, -0.1) is 11.8 Å². The van der Waals surface area contributed by atoms with E-state index in [2.05, 4.69) is 4.99 Å². The van der Waals surface area contributed by atoms with Crippen LogP contribution in [0.25, 0.3) is 0 Å². The van der Waals surface area contributed by atoms with E-state index in [1.54, 1.807) is 0 Å². The highest BCUT2D eigenvalue weighted by Gasteiger charge is 2.53. The first-order valence-corrected chi connectivity index (χ1v) is 9.58. The minimum atomic E-state index is -1.51. The number of aliphatic imine (C=N–C) groups is 1. The molecular weight excluding hydrogens is 398 g/mol. The molecule has 2 atom stereocenters. The molecule has 0 amide bonds. The van der Waals surface area contributed by atoms with E-state index < -0.39 is 33.8 Å². The molecule has 3 rings (SSSR count). The van der Waals surface area contributed by atoms with Crippen LogP contribution in [0.15, 0.2) is 59.6 Å². The predicted octanol–water partition coefficient (Wildman–Crippen LogP) is 3.06. The lowest BCUT2D eigenvalue weighted by Gasteiger charge is -2.29. The van der Waals surface area contributed by atoms with Crippen LogP contribution in [0.3, 0.4) is 0 Å². The van der Waals surface area contributed by atoms with Crippen molar-refractivity contribution in [3.05, 3.63) is 86.0 Å². The number of carbonyl (C=O) groups is 1. The van der Waals surface area contributed by atoms with Crippen LogP contribution < -0.4 is 0 Å². The summed E-state index contributed by atoms with van der Waals surface area (Å²) < 4.78 is 4.98. The van der Waals surface area contributed by atoms with Gasteiger partial charge in [-0.3, -0.25) is 25.2 Å². The molecule has 150 valence electrons. The Morgan fingerprint density at radius 1 is 1.17 bits per heavy atom. The van der Waals surface area contributed by atoms with Gasteiger partial charge in [-0.25, -0.2) is 4.79 Å². The Labute approximate surface area is 170 Å². The standard InChI is InChI=1S/C19H17N3O6S/c1-28-18(23)19(12-29-17(20-19)14-5-3-2-4-6-14)16(11-21(24)25)13-7-9-15(10-8-13)22(26)27/h2-10,16H,11-12H2,1H3/t16-,19+/m1/s1. The van der Waals surface area contributed by atoms with Gasteiger partial charge in [0, 0.05) is 28.4 Å². The van der Waals surface area contributed by atoms with Crippen molar-refractivity contribution >= 4 is 28.5 Å². The second kappa shape index (κ2) is 8.39. The Kier molecular flexibility index (Phi) is 5.92. The number of hydrogen-bond donors (Lipinski definition) is 0. The van der Waals surface area contributed by atoms with Gasteiger partial charge < -0.3 is 4.74 Å². The summed E-state index contributed by atoms with van der Waals surface area (Å²) in [7, 11) is 1.21. The Balaban J connectivity index is 2.10. The summed E-state index contributed by atoms with van der Waals surface area (Å²) in [5.74, 6) is -1.46. The minimum absolute atomic E-state index is 0.144. The van der Waals surface area contributed by atoms with Crippen LogP contribution in [0, 0.1) is 20.2 Å². The molecule has 1 aliphatic heterocycles. The highest BCUT2D eigenvalue weighted by atomic mass is 32.2. The van der Waals surface area contributed by atoms with Crippen molar-refractivity contribution in [1.29, 1.82) is 0 Å². The summed E-state index contributed by atoms with van der Waals surface area (Å²) in [6, 6.07) is 14.6. The fraction of sp³-hybridized carbons (Fsp3) is 0.263. The molecule has 0 N–H and O–H groups in total. The topological polar surface area (TPSA) is 125 Å². The Morgan fingerprint density at radius 3 is 2.38 bits per heavy atom. The van der Waals surface area contributed by atoms with E-state index in [-0.39, 0.29) is 11.4 Å². The SMILES string of the molecule is COC(=O)[C@@]1([C@H](C[N+](=O)[O-])c2ccc([N+](=O)[O-])cc2)CSC(c2ccccc2)=N1. The predicted molar refractivity (Wildman–Crippen MR) is 108 cm³/mol. The maximum atomic E-state index is 12.8. The van der Waals surface area contributed by atoms with Gasteiger partial charge in [-0.05, 0) is 5.56 Å². The fourth-order valence-corrected chi connectivity index (χ4v) is 4.53. The largest absolute Gasteiger partial charge is 0.467 e. The highest BCUT2D eigenvalue weighted by molar-refractivity contribution is 8.14. The van der Waals surface area contributed by atoms with E-state index in [9.17, 15) is 25.0 Å². The number of carbonyl (C=O) groups excluding carboxylic acids is 1. The highest BCUT2D eigenvalue weighted by Crippen LogP contribution is 2.42. The van der Waals surface area contributed by atoms with Crippen molar-refractivity contribution in [3.8, 4) is 0 Å². The van der Waals surface area contributed by atoms with Gasteiger partial charge in [0.05, 0.1) is 23.0 Å². The van der Waals surface area contributed by atoms with Crippen LogP contribution in [0.5, 0.6) is 0 Å². The average Bonchev–Trinajstić information content (AvgIpc) is 3.18. The van der Waals surface area contributed by atoms with Crippen LogP contribution in [0.4, 0.5) is 5.69 Å². The van der Waals surface area contributed by atoms with E-state index in [1.807, 2.05) is 30.3 Å². The maximum Gasteiger partial charge on any atom is 0.335 e. The number of nitro benzene ring substituents is 1. The van der Waals surface area contributed by atoms with Crippen LogP contribution in [-0.4, -0.2) is 45.8 Å². The van der Waals surface area contributed by atoms with Crippen molar-refractivity contribution in [2.75, 3.05) is 19.4 Å². The second-order valence-corrected chi connectivity index (χ2v) is 7.37. The quantitative estimate of drug-likeness (QED) is 0.386. The van der Waals surface area contributed by atoms with Crippen LogP contribution in [-0.2, 0) is 9.53 Å². The van der Waals surface area contributed by atoms with E-state index in [4.69, 9.17) is 4.74 Å². The molecule has 9 nitrogen and oxygen atoms in total. The normalized spacial score (nSPS) is 19.3. The van der Waals surface area contributed by atoms with Gasteiger partial charge >= 0.3 is 5.97 Å². The number of rotatable bonds is 7. The van der Waals surface area contributed by atoms with Gasteiger partial charge in [0.15, 0.2) is 5.54 Å². The van der Waals surface area contributed by atoms with Gasteiger partial charge in [0.2, 0.25) is 6.54 Å². The van der Waals surface area contributed by atoms with Crippen molar-refractivity contribution in [1.82, 2.24) is 0 Å². The molecule has 0 saturated carbocycles. The van der Waals surface area contributed by atoms with Crippen molar-refractivity contribution in [2.24, 2.45) is 4.99 Å². The molecule has 1 heterocycles. The zero-order valence-corrected chi connectivity index (χ0v) is 16.2. The summed E-state index contributed by atoms with van der Waals surface area (Å²) in [6.07, 6.45) is 0. The lowest BCUT2D eigenvalue weighted by molar-refractivity contribution is -0.484. The van der Waals surface area contributed by atoms with Crippen molar-refractivity contribution < 1.29 is 19.4 Å². The van der Waals surface area contributed by atoms with Gasteiger partial charge in [0.25, 0.3) is 5.69 Å². The molecule has 2 aromatic rings. The summed E-state index contributed by atoms with van der Waals surface area (Å²) in [6.45, 7) is -0.570. The molecular formula is C19H17N3O6S. The van der Waals surface area contributed by atoms with E-state index in [0.717, 1.165) is 5.56 Å². The molecule has 0 aliphatic carbocycles. The number of esters is 1. The Morgan fingerprint density at radius 2 is 1.83 bits per heavy atom. The number of benzene rings is 2. The molecule has 0 aromatic heterocycles. The first-order chi connectivity index (χ1) is 13.9. The number of thioether (sulfide) groups is 1. The summed E-state index contributed by atoms with van der Waals surface area (Å²) in [4.78, 5) is 38.7. The molecule has 1 aliphatic rings. The average molecular weight is 415 g/mol. The number of ether oxygens (including phenoxy) is 1. The van der Waals surface area contributed by atoms with Gasteiger partial charge in [0.1, 0.15) is 0 Å². The molecule has 0 fully saturated rings. The van der Waals surface area contributed by atoms with Crippen LogP contribution in [0.1, 0.15) is 17.0 Å². The third-order valence-electron chi connectivity index (χ3n) is 4.70. The number of methoxy groups -OCH3 is 1. The number of non-ortho nitro benzene ring substituents is 1. The summed E-state index contributed by atoms with van der Waals surface area (Å²) in [5.41, 5.74) is -0.438. The molecule has 0 bridgehead atoms. The van der Waals surface area contributed by atoms with Crippen molar-refractivity contribution in [3.63, 3.8) is 0 Å². The first-order valence-electron chi connectivity index (χ1n) is 8.60. The number of nitrogens with zero attached hydrogens (tertiary/aromatic N) is 3. The third kappa shape index (κ3) is 4.11. The number of nitro groups is 2. The maximum absolute atomic E-state index is 12.8. The smallest absolute Gasteiger partial charge is 0.335 e. The summed E-state index contributed by atoms with van der Waals surface area (Å²) >= 11 is 1.32. The molecule has 0 radical (unpaired) electrons. The van der Waals surface area contributed by atoms with Crippen LogP contribution >= 0.6 is 11.8 Å². The lowest BCUT2D eigenvalue weighted by atomic mass is 9.80. The molecule has 0 spiro atoms. The molecule has 0 unspecified atom stereocenters. The zero-order chi connectivity index (χ0) is 21.0. The molecule has 29 heavy (non-hydrogen) atoms. The first kappa shape index (κ1) is 20.5. The Hall–Kier alpha value is -3.27. The van der Waals surface area contributed by atoms with E-state index >= 15 is 0 Å². The lowest BCUT2D eigenvalue weighted by Crippen LogP contribution is -2.47. The van der Waals surface area contributed by atoms with Gasteiger partial charge in [-0.2, -0.15) is 0 Å². The Bertz CT molecular complexity index is 964. The summed E-state index contributed by atoms with van der Waals surface area (Å²) in [5, 5.41) is 22.9. The van der Waals surface area contributed by atoms with Gasteiger partial charge in [-0.1, -0.05) is 42.5 Å². The minimum Gasteiger partial charge on any atom is -0.467 e. The van der Waals surface area contributed by atoms with E-state index in [0.29, 0.717) is 10.6 Å².